The molecule has 1 aromatic carbocycles. The molecular weight excluding hydrogens is 355 g/mol. The van der Waals surface area contributed by atoms with Gasteiger partial charge in [0.1, 0.15) is 12.4 Å². The molecule has 0 aliphatic heterocycles. The first-order valence-corrected chi connectivity index (χ1v) is 9.12. The molecule has 0 radical (unpaired) electrons. The summed E-state index contributed by atoms with van der Waals surface area (Å²) in [7, 11) is 0. The Bertz CT molecular complexity index is 1010. The first-order chi connectivity index (χ1) is 12.4. The highest BCUT2D eigenvalue weighted by Crippen LogP contribution is 2.21. The third-order valence-electron chi connectivity index (χ3n) is 4.05. The lowest BCUT2D eigenvalue weighted by atomic mass is 10.1. The molecule has 0 spiro atoms. The van der Waals surface area contributed by atoms with Gasteiger partial charge in [0.05, 0.1) is 21.4 Å². The van der Waals surface area contributed by atoms with Gasteiger partial charge in [-0.3, -0.25) is 9.59 Å². The molecule has 0 aliphatic rings. The SMILES string of the molecule is CCc1nc2c(=O)n(CC(=O)NC(C)c3ccc(F)cc3)nc(C)c2s1. The number of hydrogen-bond donors (Lipinski definition) is 1. The Labute approximate surface area is 153 Å². The Morgan fingerprint density at radius 3 is 2.69 bits per heavy atom. The Balaban J connectivity index is 1.79. The zero-order valence-corrected chi connectivity index (χ0v) is 15.6. The Kier molecular flexibility index (Phi) is 5.13. The number of aryl methyl sites for hydroxylation is 2. The molecule has 2 aromatic heterocycles. The minimum atomic E-state index is -0.369. The first-order valence-electron chi connectivity index (χ1n) is 8.31. The molecule has 3 rings (SSSR count). The molecule has 6 nitrogen and oxygen atoms in total. The summed E-state index contributed by atoms with van der Waals surface area (Å²) in [5, 5.41) is 7.91. The van der Waals surface area contributed by atoms with Crippen LogP contribution in [0.2, 0.25) is 0 Å². The van der Waals surface area contributed by atoms with Gasteiger partial charge in [-0.25, -0.2) is 14.1 Å². The van der Waals surface area contributed by atoms with Gasteiger partial charge in [-0.15, -0.1) is 11.3 Å². The van der Waals surface area contributed by atoms with Crippen molar-refractivity contribution in [3.8, 4) is 0 Å². The minimum Gasteiger partial charge on any atom is -0.348 e. The molecule has 1 amide bonds. The second-order valence-corrected chi connectivity index (χ2v) is 7.11. The van der Waals surface area contributed by atoms with Gasteiger partial charge in [-0.2, -0.15) is 5.10 Å². The molecule has 3 aromatic rings. The molecule has 0 saturated heterocycles. The Morgan fingerprint density at radius 1 is 1.35 bits per heavy atom. The largest absolute Gasteiger partial charge is 0.348 e. The normalized spacial score (nSPS) is 12.3. The van der Waals surface area contributed by atoms with Crippen LogP contribution in [0.5, 0.6) is 0 Å². The second kappa shape index (κ2) is 7.33. The van der Waals surface area contributed by atoms with E-state index in [1.807, 2.05) is 6.92 Å². The average molecular weight is 374 g/mol. The summed E-state index contributed by atoms with van der Waals surface area (Å²) in [6.07, 6.45) is 0.744. The van der Waals surface area contributed by atoms with Crippen LogP contribution in [0.15, 0.2) is 29.1 Å². The molecule has 1 N–H and O–H groups in total. The number of aromatic nitrogens is 3. The molecule has 0 fully saturated rings. The van der Waals surface area contributed by atoms with E-state index in [9.17, 15) is 14.0 Å². The van der Waals surface area contributed by atoms with Crippen molar-refractivity contribution in [2.75, 3.05) is 0 Å². The average Bonchev–Trinajstić information content (AvgIpc) is 3.05. The third kappa shape index (κ3) is 3.65. The number of rotatable bonds is 5. The van der Waals surface area contributed by atoms with E-state index >= 15 is 0 Å². The van der Waals surface area contributed by atoms with Gasteiger partial charge < -0.3 is 5.32 Å². The number of amides is 1. The van der Waals surface area contributed by atoms with Crippen LogP contribution in [0.25, 0.3) is 10.2 Å². The molecular formula is C18H19FN4O2S. The van der Waals surface area contributed by atoms with Crippen molar-refractivity contribution in [1.82, 2.24) is 20.1 Å². The van der Waals surface area contributed by atoms with E-state index in [-0.39, 0.29) is 29.9 Å². The smallest absolute Gasteiger partial charge is 0.294 e. The van der Waals surface area contributed by atoms with Crippen molar-refractivity contribution in [2.45, 2.75) is 39.8 Å². The topological polar surface area (TPSA) is 76.9 Å². The van der Waals surface area contributed by atoms with Gasteiger partial charge in [0.2, 0.25) is 5.91 Å². The van der Waals surface area contributed by atoms with Crippen LogP contribution >= 0.6 is 11.3 Å². The monoisotopic (exact) mass is 374 g/mol. The molecule has 0 aliphatic carbocycles. The van der Waals surface area contributed by atoms with Gasteiger partial charge in [0.25, 0.3) is 5.56 Å². The fraction of sp³-hybridized carbons (Fsp3) is 0.333. The zero-order chi connectivity index (χ0) is 18.8. The first kappa shape index (κ1) is 18.2. The van der Waals surface area contributed by atoms with E-state index in [4.69, 9.17) is 0 Å². The zero-order valence-electron chi connectivity index (χ0n) is 14.7. The summed E-state index contributed by atoms with van der Waals surface area (Å²) in [5.41, 5.74) is 1.44. The van der Waals surface area contributed by atoms with Crippen LogP contribution in [0.4, 0.5) is 4.39 Å². The van der Waals surface area contributed by atoms with Crippen molar-refractivity contribution in [2.24, 2.45) is 0 Å². The van der Waals surface area contributed by atoms with E-state index in [1.54, 1.807) is 26.0 Å². The van der Waals surface area contributed by atoms with Crippen LogP contribution < -0.4 is 10.9 Å². The van der Waals surface area contributed by atoms with Crippen molar-refractivity contribution < 1.29 is 9.18 Å². The summed E-state index contributed by atoms with van der Waals surface area (Å²) in [4.78, 5) is 29.2. The fourth-order valence-corrected chi connectivity index (χ4v) is 3.60. The highest BCUT2D eigenvalue weighted by atomic mass is 32.1. The standard InChI is InChI=1S/C18H19FN4O2S/c1-4-15-21-16-17(26-15)11(3)22-23(18(16)25)9-14(24)20-10(2)12-5-7-13(19)8-6-12/h5-8,10H,4,9H2,1-3H3,(H,20,24). The number of benzene rings is 1. The molecule has 8 heteroatoms. The summed E-state index contributed by atoms with van der Waals surface area (Å²) >= 11 is 1.46. The maximum atomic E-state index is 13.0. The summed E-state index contributed by atoms with van der Waals surface area (Å²) in [5.74, 6) is -0.678. The lowest BCUT2D eigenvalue weighted by Crippen LogP contribution is -2.35. The molecule has 1 unspecified atom stereocenters. The number of hydrogen-bond acceptors (Lipinski definition) is 5. The lowest BCUT2D eigenvalue weighted by Gasteiger charge is -2.14. The molecule has 1 atom stereocenters. The summed E-state index contributed by atoms with van der Waals surface area (Å²) in [6.45, 7) is 5.38. The van der Waals surface area contributed by atoms with Gasteiger partial charge in [0, 0.05) is 0 Å². The second-order valence-electron chi connectivity index (χ2n) is 6.03. The van der Waals surface area contributed by atoms with Gasteiger partial charge in [0.15, 0.2) is 5.52 Å². The van der Waals surface area contributed by atoms with Gasteiger partial charge in [-0.05, 0) is 38.0 Å². The van der Waals surface area contributed by atoms with Crippen LogP contribution in [0.3, 0.4) is 0 Å². The van der Waals surface area contributed by atoms with Gasteiger partial charge in [-0.1, -0.05) is 19.1 Å². The van der Waals surface area contributed by atoms with Crippen LogP contribution in [-0.4, -0.2) is 20.7 Å². The van der Waals surface area contributed by atoms with E-state index in [1.165, 1.54) is 23.5 Å². The van der Waals surface area contributed by atoms with Gasteiger partial charge >= 0.3 is 0 Å². The van der Waals surface area contributed by atoms with Crippen LogP contribution in [0.1, 0.15) is 36.2 Å². The van der Waals surface area contributed by atoms with E-state index in [0.29, 0.717) is 11.2 Å². The summed E-state index contributed by atoms with van der Waals surface area (Å²) in [6, 6.07) is 5.60. The molecule has 0 saturated carbocycles. The number of halogens is 1. The Hall–Kier alpha value is -2.61. The highest BCUT2D eigenvalue weighted by Gasteiger charge is 2.16. The van der Waals surface area contributed by atoms with Crippen molar-refractivity contribution in [3.05, 3.63) is 56.7 Å². The van der Waals surface area contributed by atoms with E-state index in [0.717, 1.165) is 26.4 Å². The predicted molar refractivity (Wildman–Crippen MR) is 98.7 cm³/mol. The number of carbonyl (C=O) groups is 1. The van der Waals surface area contributed by atoms with E-state index in [2.05, 4.69) is 15.4 Å². The third-order valence-corrected chi connectivity index (χ3v) is 5.36. The Morgan fingerprint density at radius 2 is 2.04 bits per heavy atom. The summed E-state index contributed by atoms with van der Waals surface area (Å²) < 4.78 is 14.9. The van der Waals surface area contributed by atoms with Crippen LogP contribution in [0, 0.1) is 12.7 Å². The van der Waals surface area contributed by atoms with Crippen LogP contribution in [-0.2, 0) is 17.8 Å². The number of thiazole rings is 1. The molecule has 136 valence electrons. The van der Waals surface area contributed by atoms with Crippen molar-refractivity contribution in [1.29, 1.82) is 0 Å². The highest BCUT2D eigenvalue weighted by molar-refractivity contribution is 7.18. The molecule has 0 bridgehead atoms. The maximum absolute atomic E-state index is 13.0. The lowest BCUT2D eigenvalue weighted by molar-refractivity contribution is -0.122. The fourth-order valence-electron chi connectivity index (χ4n) is 2.67. The van der Waals surface area contributed by atoms with Crippen molar-refractivity contribution >= 4 is 27.5 Å². The maximum Gasteiger partial charge on any atom is 0.294 e. The van der Waals surface area contributed by atoms with Crippen molar-refractivity contribution in [3.63, 3.8) is 0 Å². The number of fused-ring (bicyclic) bond motifs is 1. The minimum absolute atomic E-state index is 0.194. The molecule has 26 heavy (non-hydrogen) atoms. The quantitative estimate of drug-likeness (QED) is 0.745. The number of nitrogens with one attached hydrogen (secondary N) is 1. The number of carbonyl (C=O) groups excluding carboxylic acids is 1. The predicted octanol–water partition coefficient (Wildman–Crippen LogP) is 2.74. The molecule has 2 heterocycles. The number of nitrogens with zero attached hydrogens (tertiary/aromatic N) is 3. The van der Waals surface area contributed by atoms with E-state index < -0.39 is 0 Å².